The van der Waals surface area contributed by atoms with Crippen molar-refractivity contribution < 1.29 is 23.8 Å². The van der Waals surface area contributed by atoms with Crippen molar-refractivity contribution in [1.82, 2.24) is 15.6 Å². The van der Waals surface area contributed by atoms with Crippen LogP contribution >= 0.6 is 0 Å². The minimum absolute atomic E-state index is 0.111. The van der Waals surface area contributed by atoms with Gasteiger partial charge in [-0.25, -0.2) is 0 Å². The van der Waals surface area contributed by atoms with Gasteiger partial charge in [0, 0.05) is 36.1 Å². The molecule has 10 nitrogen and oxygen atoms in total. The van der Waals surface area contributed by atoms with Gasteiger partial charge in [-0.2, -0.15) is 0 Å². The van der Waals surface area contributed by atoms with E-state index in [1.54, 1.807) is 33.5 Å². The van der Waals surface area contributed by atoms with Gasteiger partial charge in [0.05, 0.1) is 33.1 Å². The summed E-state index contributed by atoms with van der Waals surface area (Å²) >= 11 is 0. The number of para-hydroxylation sites is 1. The van der Waals surface area contributed by atoms with E-state index in [-0.39, 0.29) is 28.8 Å². The molecule has 0 fully saturated rings. The zero-order valence-corrected chi connectivity index (χ0v) is 27.2. The molecule has 0 saturated heterocycles. The normalized spacial score (nSPS) is 14.5. The third-order valence-corrected chi connectivity index (χ3v) is 8.54. The number of hydrogen-bond donors (Lipinski definition) is 4. The largest absolute Gasteiger partial charge is 0.493 e. The van der Waals surface area contributed by atoms with Gasteiger partial charge in [-0.05, 0) is 71.7 Å². The minimum atomic E-state index is -0.657. The first-order valence-electron chi connectivity index (χ1n) is 15.5. The van der Waals surface area contributed by atoms with Gasteiger partial charge >= 0.3 is 0 Å². The van der Waals surface area contributed by atoms with E-state index in [0.29, 0.717) is 48.6 Å². The highest BCUT2D eigenvalue weighted by molar-refractivity contribution is 5.87. The fourth-order valence-electron chi connectivity index (χ4n) is 6.30. The Labute approximate surface area is 268 Å². The molecule has 4 N–H and O–H groups in total. The summed E-state index contributed by atoms with van der Waals surface area (Å²) in [4.78, 5) is 42.8. The van der Waals surface area contributed by atoms with Gasteiger partial charge in [0.1, 0.15) is 6.04 Å². The molecule has 1 aliphatic rings. The maximum absolute atomic E-state index is 13.8. The van der Waals surface area contributed by atoms with Crippen molar-refractivity contribution in [3.8, 4) is 28.4 Å². The maximum Gasteiger partial charge on any atom is 0.242 e. The minimum Gasteiger partial charge on any atom is -0.493 e. The summed E-state index contributed by atoms with van der Waals surface area (Å²) in [5, 5.41) is 10.4. The van der Waals surface area contributed by atoms with Gasteiger partial charge in [-0.1, -0.05) is 38.1 Å². The molecule has 0 bridgehead atoms. The molecule has 1 heterocycles. The summed E-state index contributed by atoms with van der Waals surface area (Å²) in [5.41, 5.74) is 5.24. The number of methoxy groups -OCH3 is 3. The Kier molecular flexibility index (Phi) is 9.84. The monoisotopic (exact) mass is 626 g/mol. The highest BCUT2D eigenvalue weighted by atomic mass is 16.5. The average Bonchev–Trinajstić information content (AvgIpc) is 3.30. The smallest absolute Gasteiger partial charge is 0.242 e. The molecule has 1 aromatic heterocycles. The standard InChI is InChI=1S/C36H42N4O6/c1-20(2)33(36(43)37-16-15-23-19-38-27-10-8-7-9-24(23)27)40-29-14-12-25-26(18-30(29)42)28(39-21(3)41)13-11-22-17-31(44-4)34(45-5)35(46-6)32(22)25/h7-10,12,14,17-20,28,33,38H,11,13,15-16H2,1-6H3,(H,37,43)(H,39,41)(H,40,42). The van der Waals surface area contributed by atoms with Gasteiger partial charge in [-0.15, -0.1) is 0 Å². The third kappa shape index (κ3) is 6.51. The van der Waals surface area contributed by atoms with Crippen LogP contribution in [0.2, 0.25) is 0 Å². The quantitative estimate of drug-likeness (QED) is 0.181. The molecular formula is C36H42N4O6. The number of carbonyl (C=O) groups is 2. The number of aromatic nitrogens is 1. The molecule has 0 aliphatic heterocycles. The second-order valence-electron chi connectivity index (χ2n) is 11.9. The topological polar surface area (TPSA) is 131 Å². The predicted octanol–water partition coefficient (Wildman–Crippen LogP) is 5.14. The van der Waals surface area contributed by atoms with Gasteiger partial charge < -0.3 is 35.1 Å². The lowest BCUT2D eigenvalue weighted by Crippen LogP contribution is -2.44. The number of nitrogens with one attached hydrogen (secondary N) is 4. The van der Waals surface area contributed by atoms with Crippen molar-refractivity contribution in [1.29, 1.82) is 0 Å². The van der Waals surface area contributed by atoms with Gasteiger partial charge in [0.2, 0.25) is 23.0 Å². The molecule has 4 aromatic rings. The van der Waals surface area contributed by atoms with Crippen LogP contribution in [0.4, 0.5) is 5.69 Å². The van der Waals surface area contributed by atoms with Crippen molar-refractivity contribution in [2.24, 2.45) is 5.92 Å². The van der Waals surface area contributed by atoms with Crippen LogP contribution in [0.25, 0.3) is 22.0 Å². The predicted molar refractivity (Wildman–Crippen MR) is 180 cm³/mol. The molecular weight excluding hydrogens is 584 g/mol. The first-order valence-corrected chi connectivity index (χ1v) is 15.5. The fraction of sp³-hybridized carbons (Fsp3) is 0.361. The number of rotatable bonds is 11. The molecule has 0 radical (unpaired) electrons. The Hall–Kier alpha value is -4.99. The van der Waals surface area contributed by atoms with E-state index < -0.39 is 12.1 Å². The molecule has 10 heteroatoms. The molecule has 242 valence electrons. The average molecular weight is 627 g/mol. The van der Waals surface area contributed by atoms with Gasteiger partial charge in [0.25, 0.3) is 0 Å². The zero-order valence-electron chi connectivity index (χ0n) is 27.2. The Morgan fingerprint density at radius 1 is 1.00 bits per heavy atom. The Balaban J connectivity index is 1.49. The molecule has 3 aromatic carbocycles. The zero-order chi connectivity index (χ0) is 33.0. The number of fused-ring (bicyclic) bond motifs is 4. The molecule has 2 atom stereocenters. The molecule has 0 spiro atoms. The van der Waals surface area contributed by atoms with Crippen LogP contribution in [0, 0.1) is 5.92 Å². The molecule has 2 amide bonds. The molecule has 46 heavy (non-hydrogen) atoms. The van der Waals surface area contributed by atoms with Gasteiger partial charge in [-0.3, -0.25) is 14.4 Å². The van der Waals surface area contributed by atoms with Crippen molar-refractivity contribution >= 4 is 28.4 Å². The highest BCUT2D eigenvalue weighted by Gasteiger charge is 2.30. The number of carbonyl (C=O) groups excluding carboxylic acids is 2. The first kappa shape index (κ1) is 32.4. The SMILES string of the molecule is COc1cc2c(c(OC)c1OC)-c1ccc(NC(C(=O)NCCc3c[nH]c4ccccc34)C(C)C)c(=O)cc1C(NC(C)=O)CC2. The summed E-state index contributed by atoms with van der Waals surface area (Å²) in [5.74, 6) is 0.932. The van der Waals surface area contributed by atoms with E-state index in [9.17, 15) is 14.4 Å². The van der Waals surface area contributed by atoms with Crippen LogP contribution in [0.5, 0.6) is 17.2 Å². The molecule has 1 aliphatic carbocycles. The lowest BCUT2D eigenvalue weighted by molar-refractivity contribution is -0.122. The number of ether oxygens (including phenoxy) is 3. The molecule has 2 unspecified atom stereocenters. The highest BCUT2D eigenvalue weighted by Crippen LogP contribution is 2.50. The van der Waals surface area contributed by atoms with Crippen molar-refractivity contribution in [3.63, 3.8) is 0 Å². The number of aromatic amines is 1. The van der Waals surface area contributed by atoms with E-state index in [4.69, 9.17) is 14.2 Å². The number of anilines is 1. The van der Waals surface area contributed by atoms with Crippen LogP contribution in [0.3, 0.4) is 0 Å². The van der Waals surface area contributed by atoms with Gasteiger partial charge in [0.15, 0.2) is 11.5 Å². The van der Waals surface area contributed by atoms with E-state index in [2.05, 4.69) is 27.0 Å². The van der Waals surface area contributed by atoms with E-state index in [1.165, 1.54) is 6.92 Å². The summed E-state index contributed by atoms with van der Waals surface area (Å²) in [6, 6.07) is 14.0. The van der Waals surface area contributed by atoms with E-state index in [0.717, 1.165) is 33.2 Å². The fourth-order valence-corrected chi connectivity index (χ4v) is 6.30. The Bertz CT molecular complexity index is 1810. The number of H-pyrrole nitrogens is 1. The lowest BCUT2D eigenvalue weighted by atomic mass is 9.95. The lowest BCUT2D eigenvalue weighted by Gasteiger charge is -2.22. The number of amides is 2. The Morgan fingerprint density at radius 3 is 2.46 bits per heavy atom. The number of benzene rings is 2. The summed E-state index contributed by atoms with van der Waals surface area (Å²) in [6.07, 6.45) is 3.79. The van der Waals surface area contributed by atoms with Crippen LogP contribution < -0.4 is 35.6 Å². The summed E-state index contributed by atoms with van der Waals surface area (Å²) in [7, 11) is 4.68. The molecule has 0 saturated carbocycles. The van der Waals surface area contributed by atoms with E-state index in [1.807, 2.05) is 50.4 Å². The van der Waals surface area contributed by atoms with E-state index >= 15 is 0 Å². The van der Waals surface area contributed by atoms with Crippen molar-refractivity contribution in [2.45, 2.75) is 52.1 Å². The van der Waals surface area contributed by atoms with Crippen LogP contribution in [0.15, 0.2) is 59.5 Å². The third-order valence-electron chi connectivity index (χ3n) is 8.54. The van der Waals surface area contributed by atoms with Crippen molar-refractivity contribution in [3.05, 3.63) is 81.6 Å². The second-order valence-corrected chi connectivity index (χ2v) is 11.9. The van der Waals surface area contributed by atoms with Crippen LogP contribution in [0.1, 0.15) is 49.9 Å². The van der Waals surface area contributed by atoms with Crippen LogP contribution in [-0.2, 0) is 22.4 Å². The summed E-state index contributed by atoms with van der Waals surface area (Å²) < 4.78 is 17.2. The summed E-state index contributed by atoms with van der Waals surface area (Å²) in [6.45, 7) is 5.79. The number of aryl methyl sites for hydroxylation is 1. The second kappa shape index (κ2) is 14.0. The Morgan fingerprint density at radius 2 is 1.76 bits per heavy atom. The first-order chi connectivity index (χ1) is 22.2. The van der Waals surface area contributed by atoms with Crippen LogP contribution in [-0.4, -0.2) is 50.7 Å². The maximum atomic E-state index is 13.8. The number of hydrogen-bond acceptors (Lipinski definition) is 7. The molecule has 5 rings (SSSR count). The van der Waals surface area contributed by atoms with Crippen molar-refractivity contribution in [2.75, 3.05) is 33.2 Å².